The third-order valence-corrected chi connectivity index (χ3v) is 4.86. The summed E-state index contributed by atoms with van der Waals surface area (Å²) in [4.78, 5) is 35.9. The standard InChI is InChI=1S/C20H30ClN3O4/c1-20(2,3)17(18(23)26)24(28)19(27)15(11-16(22)25)6-4-5-13-7-9-14(12-21)10-8-13/h7-10,15,17,28H,4-6,11-12H2,1-3H3,(H2,22,25)(H2,23,26)/t15-,17-/m1/s1. The van der Waals surface area contributed by atoms with Gasteiger partial charge >= 0.3 is 0 Å². The van der Waals surface area contributed by atoms with Crippen molar-refractivity contribution in [1.82, 2.24) is 5.06 Å². The van der Waals surface area contributed by atoms with Gasteiger partial charge in [0.15, 0.2) is 0 Å². The van der Waals surface area contributed by atoms with Gasteiger partial charge < -0.3 is 11.5 Å². The lowest BCUT2D eigenvalue weighted by atomic mass is 9.85. The number of rotatable bonds is 10. The molecule has 5 N–H and O–H groups in total. The van der Waals surface area contributed by atoms with Crippen LogP contribution in [0.25, 0.3) is 0 Å². The van der Waals surface area contributed by atoms with Crippen molar-refractivity contribution in [2.75, 3.05) is 0 Å². The molecule has 0 saturated carbocycles. The van der Waals surface area contributed by atoms with Crippen LogP contribution in [-0.2, 0) is 26.7 Å². The molecule has 1 rings (SSSR count). The average molecular weight is 412 g/mol. The molecular weight excluding hydrogens is 382 g/mol. The van der Waals surface area contributed by atoms with Gasteiger partial charge in [-0.1, -0.05) is 45.0 Å². The fourth-order valence-electron chi connectivity index (χ4n) is 3.13. The molecule has 7 nitrogen and oxygen atoms in total. The fourth-order valence-corrected chi connectivity index (χ4v) is 3.31. The zero-order valence-electron chi connectivity index (χ0n) is 16.7. The average Bonchev–Trinajstić information content (AvgIpc) is 2.58. The minimum Gasteiger partial charge on any atom is -0.370 e. The summed E-state index contributed by atoms with van der Waals surface area (Å²) in [5, 5.41) is 10.7. The van der Waals surface area contributed by atoms with Gasteiger partial charge in [0, 0.05) is 18.2 Å². The van der Waals surface area contributed by atoms with Gasteiger partial charge in [-0.15, -0.1) is 11.6 Å². The fraction of sp³-hybridized carbons (Fsp3) is 0.550. The first-order valence-corrected chi connectivity index (χ1v) is 9.74. The lowest BCUT2D eigenvalue weighted by Gasteiger charge is -2.35. The first-order valence-electron chi connectivity index (χ1n) is 9.20. The van der Waals surface area contributed by atoms with Gasteiger partial charge in [-0.25, -0.2) is 5.06 Å². The third kappa shape index (κ3) is 7.13. The van der Waals surface area contributed by atoms with E-state index in [4.69, 9.17) is 23.1 Å². The highest BCUT2D eigenvalue weighted by molar-refractivity contribution is 6.17. The summed E-state index contributed by atoms with van der Waals surface area (Å²) in [6, 6.07) is 6.58. The van der Waals surface area contributed by atoms with Crippen LogP contribution in [0.15, 0.2) is 24.3 Å². The number of alkyl halides is 1. The number of hydroxylamine groups is 2. The Morgan fingerprint density at radius 1 is 1.11 bits per heavy atom. The molecule has 2 atom stereocenters. The Kier molecular flexibility index (Phi) is 8.91. The van der Waals surface area contributed by atoms with Gasteiger partial charge in [-0.3, -0.25) is 19.6 Å². The molecule has 1 aromatic rings. The molecular formula is C20H30ClN3O4. The number of halogens is 1. The van der Waals surface area contributed by atoms with Crippen molar-refractivity contribution in [2.24, 2.45) is 22.8 Å². The normalized spacial score (nSPS) is 13.6. The molecule has 0 aliphatic rings. The van der Waals surface area contributed by atoms with Crippen LogP contribution in [0.5, 0.6) is 0 Å². The number of hydrogen-bond donors (Lipinski definition) is 3. The van der Waals surface area contributed by atoms with E-state index < -0.39 is 35.1 Å². The first-order chi connectivity index (χ1) is 13.0. The molecule has 1 aromatic carbocycles. The summed E-state index contributed by atoms with van der Waals surface area (Å²) >= 11 is 5.78. The van der Waals surface area contributed by atoms with Crippen LogP contribution in [0.2, 0.25) is 0 Å². The van der Waals surface area contributed by atoms with Crippen LogP contribution in [0, 0.1) is 11.3 Å². The van der Waals surface area contributed by atoms with Gasteiger partial charge in [-0.05, 0) is 35.8 Å². The number of carbonyl (C=O) groups excluding carboxylic acids is 3. The van der Waals surface area contributed by atoms with Crippen molar-refractivity contribution in [3.8, 4) is 0 Å². The Hall–Kier alpha value is -2.12. The molecule has 0 fully saturated rings. The lowest BCUT2D eigenvalue weighted by Crippen LogP contribution is -2.54. The van der Waals surface area contributed by atoms with Gasteiger partial charge in [0.1, 0.15) is 6.04 Å². The van der Waals surface area contributed by atoms with Crippen molar-refractivity contribution in [3.05, 3.63) is 35.4 Å². The molecule has 8 heteroatoms. The summed E-state index contributed by atoms with van der Waals surface area (Å²) in [5.74, 6) is -2.58. The second-order valence-corrected chi connectivity index (χ2v) is 8.33. The molecule has 0 aliphatic heterocycles. The molecule has 0 radical (unpaired) electrons. The first kappa shape index (κ1) is 23.9. The van der Waals surface area contributed by atoms with Crippen molar-refractivity contribution in [3.63, 3.8) is 0 Å². The number of aryl methyl sites for hydroxylation is 1. The predicted octanol–water partition coefficient (Wildman–Crippen LogP) is 2.36. The van der Waals surface area contributed by atoms with E-state index >= 15 is 0 Å². The van der Waals surface area contributed by atoms with Crippen molar-refractivity contribution in [2.45, 2.75) is 58.4 Å². The number of nitrogens with zero attached hydrogens (tertiary/aromatic N) is 1. The molecule has 28 heavy (non-hydrogen) atoms. The van der Waals surface area contributed by atoms with Gasteiger partial charge in [0.2, 0.25) is 17.7 Å². The summed E-state index contributed by atoms with van der Waals surface area (Å²) in [5.41, 5.74) is 12.0. The van der Waals surface area contributed by atoms with Gasteiger partial charge in [-0.2, -0.15) is 0 Å². The quantitative estimate of drug-likeness (QED) is 0.310. The molecule has 0 aliphatic carbocycles. The Balaban J connectivity index is 2.83. The highest BCUT2D eigenvalue weighted by Crippen LogP contribution is 2.26. The van der Waals surface area contributed by atoms with E-state index in [1.165, 1.54) is 0 Å². The van der Waals surface area contributed by atoms with Crippen molar-refractivity contribution >= 4 is 29.3 Å². The summed E-state index contributed by atoms with van der Waals surface area (Å²) in [6.07, 6.45) is 1.42. The Morgan fingerprint density at radius 3 is 2.07 bits per heavy atom. The summed E-state index contributed by atoms with van der Waals surface area (Å²) < 4.78 is 0. The Morgan fingerprint density at radius 2 is 1.64 bits per heavy atom. The maximum absolute atomic E-state index is 12.7. The number of primary amides is 2. The lowest BCUT2D eigenvalue weighted by molar-refractivity contribution is -0.192. The largest absolute Gasteiger partial charge is 0.370 e. The Labute approximate surface area is 171 Å². The summed E-state index contributed by atoms with van der Waals surface area (Å²) in [7, 11) is 0. The maximum Gasteiger partial charge on any atom is 0.250 e. The number of hydrogen-bond acceptors (Lipinski definition) is 4. The van der Waals surface area contributed by atoms with Crippen LogP contribution in [0.3, 0.4) is 0 Å². The summed E-state index contributed by atoms with van der Waals surface area (Å²) in [6.45, 7) is 5.06. The Bertz CT molecular complexity index is 686. The van der Waals surface area contributed by atoms with Crippen LogP contribution >= 0.6 is 11.6 Å². The van der Waals surface area contributed by atoms with Crippen LogP contribution < -0.4 is 11.5 Å². The zero-order valence-corrected chi connectivity index (χ0v) is 17.4. The minimum absolute atomic E-state index is 0.212. The van der Waals surface area contributed by atoms with E-state index in [9.17, 15) is 19.6 Å². The van der Waals surface area contributed by atoms with Crippen LogP contribution in [-0.4, -0.2) is 34.0 Å². The zero-order chi connectivity index (χ0) is 21.5. The predicted molar refractivity (Wildman–Crippen MR) is 107 cm³/mol. The van der Waals surface area contributed by atoms with Crippen molar-refractivity contribution < 1.29 is 19.6 Å². The third-order valence-electron chi connectivity index (χ3n) is 4.55. The van der Waals surface area contributed by atoms with Gasteiger partial charge in [0.05, 0.1) is 0 Å². The molecule has 0 aromatic heterocycles. The topological polar surface area (TPSA) is 127 Å². The SMILES string of the molecule is CC(C)(C)[C@@H](C(N)=O)N(O)C(=O)[C@H](CCCc1ccc(CCl)cc1)CC(N)=O. The molecule has 0 bridgehead atoms. The highest BCUT2D eigenvalue weighted by atomic mass is 35.5. The smallest absolute Gasteiger partial charge is 0.250 e. The van der Waals surface area contributed by atoms with E-state index in [2.05, 4.69) is 0 Å². The monoisotopic (exact) mass is 411 g/mol. The molecule has 0 unspecified atom stereocenters. The van der Waals surface area contributed by atoms with Crippen LogP contribution in [0.4, 0.5) is 0 Å². The molecule has 156 valence electrons. The van der Waals surface area contributed by atoms with E-state index in [0.29, 0.717) is 30.2 Å². The number of amides is 3. The maximum atomic E-state index is 12.7. The van der Waals surface area contributed by atoms with Crippen molar-refractivity contribution in [1.29, 1.82) is 0 Å². The highest BCUT2D eigenvalue weighted by Gasteiger charge is 2.39. The number of nitrogens with two attached hydrogens (primary N) is 2. The number of benzene rings is 1. The molecule has 3 amide bonds. The molecule has 0 heterocycles. The van der Waals surface area contributed by atoms with Gasteiger partial charge in [0.25, 0.3) is 0 Å². The van der Waals surface area contributed by atoms with E-state index in [-0.39, 0.29) is 6.42 Å². The second kappa shape index (κ2) is 10.4. The van der Waals surface area contributed by atoms with E-state index in [1.807, 2.05) is 24.3 Å². The minimum atomic E-state index is -1.21. The van der Waals surface area contributed by atoms with E-state index in [1.54, 1.807) is 20.8 Å². The number of carbonyl (C=O) groups is 3. The molecule has 0 spiro atoms. The van der Waals surface area contributed by atoms with Crippen LogP contribution in [0.1, 0.15) is 51.2 Å². The second-order valence-electron chi connectivity index (χ2n) is 8.06. The van der Waals surface area contributed by atoms with E-state index in [0.717, 1.165) is 11.1 Å². The molecule has 0 saturated heterocycles.